The van der Waals surface area contributed by atoms with E-state index in [1.54, 1.807) is 0 Å². The van der Waals surface area contributed by atoms with Crippen molar-refractivity contribution in [2.75, 3.05) is 5.43 Å². The molecule has 30 heavy (non-hydrogen) atoms. The minimum Gasteiger partial charge on any atom is -0.289 e. The number of hydrazine groups is 1. The molecular formula is C26H22N2O2. The summed E-state index contributed by atoms with van der Waals surface area (Å²) in [4.78, 5) is 27.0. The molecule has 4 atom stereocenters. The molecule has 0 saturated carbocycles. The van der Waals surface area contributed by atoms with Gasteiger partial charge in [0.2, 0.25) is 0 Å². The summed E-state index contributed by atoms with van der Waals surface area (Å²) in [5, 5.41) is 1.23. The number of hydrogen-bond acceptors (Lipinski definition) is 3. The molecule has 0 aromatic heterocycles. The quantitative estimate of drug-likeness (QED) is 0.513. The van der Waals surface area contributed by atoms with Gasteiger partial charge in [-0.15, -0.1) is 0 Å². The van der Waals surface area contributed by atoms with E-state index in [1.807, 2.05) is 91.0 Å². The molecule has 1 fully saturated rings. The van der Waals surface area contributed by atoms with Gasteiger partial charge in [0.1, 0.15) is 0 Å². The number of hydrogen-bond donors (Lipinski definition) is 1. The van der Waals surface area contributed by atoms with E-state index in [0.717, 1.165) is 16.8 Å². The van der Waals surface area contributed by atoms with Crippen LogP contribution in [0, 0.1) is 11.8 Å². The number of para-hydroxylation sites is 1. The number of anilines is 1. The van der Waals surface area contributed by atoms with Crippen molar-refractivity contribution in [3.05, 3.63) is 114 Å². The highest BCUT2D eigenvalue weighted by Crippen LogP contribution is 2.49. The number of amides is 2. The first-order valence-electron chi connectivity index (χ1n) is 10.2. The average Bonchev–Trinajstić information content (AvgIpc) is 3.06. The van der Waals surface area contributed by atoms with Gasteiger partial charge in [-0.25, -0.2) is 0 Å². The summed E-state index contributed by atoms with van der Waals surface area (Å²) in [6.07, 6.45) is 4.21. The van der Waals surface area contributed by atoms with Crippen molar-refractivity contribution >= 4 is 17.5 Å². The Hall–Kier alpha value is -3.66. The fraction of sp³-hybridized carbons (Fsp3) is 0.154. The van der Waals surface area contributed by atoms with Crippen molar-refractivity contribution in [3.8, 4) is 0 Å². The number of nitrogens with one attached hydrogen (secondary N) is 1. The van der Waals surface area contributed by atoms with Gasteiger partial charge in [-0.3, -0.25) is 15.0 Å². The van der Waals surface area contributed by atoms with E-state index in [-0.39, 0.29) is 23.7 Å². The van der Waals surface area contributed by atoms with E-state index < -0.39 is 11.8 Å². The van der Waals surface area contributed by atoms with Gasteiger partial charge in [0, 0.05) is 11.8 Å². The number of allylic oxidation sites excluding steroid dienone is 2. The van der Waals surface area contributed by atoms with Crippen molar-refractivity contribution in [1.29, 1.82) is 0 Å². The number of benzene rings is 3. The van der Waals surface area contributed by atoms with Crippen molar-refractivity contribution in [1.82, 2.24) is 5.01 Å². The Morgan fingerprint density at radius 1 is 0.567 bits per heavy atom. The Morgan fingerprint density at radius 3 is 1.40 bits per heavy atom. The van der Waals surface area contributed by atoms with Crippen LogP contribution < -0.4 is 5.43 Å². The molecule has 4 nitrogen and oxygen atoms in total. The monoisotopic (exact) mass is 394 g/mol. The topological polar surface area (TPSA) is 49.4 Å². The van der Waals surface area contributed by atoms with Gasteiger partial charge in [-0.1, -0.05) is 91.0 Å². The van der Waals surface area contributed by atoms with Gasteiger partial charge < -0.3 is 0 Å². The first-order chi connectivity index (χ1) is 14.7. The van der Waals surface area contributed by atoms with Crippen LogP contribution in [0.15, 0.2) is 103 Å². The summed E-state index contributed by atoms with van der Waals surface area (Å²) in [5.74, 6) is -1.48. The fourth-order valence-electron chi connectivity index (χ4n) is 4.69. The Morgan fingerprint density at radius 2 is 0.967 bits per heavy atom. The predicted octanol–water partition coefficient (Wildman–Crippen LogP) is 4.75. The second kappa shape index (κ2) is 7.64. The van der Waals surface area contributed by atoms with Crippen LogP contribution in [0.3, 0.4) is 0 Å². The standard InChI is InChI=1S/C26H22N2O2/c29-25-23-21(18-10-4-1-5-11-18)16-17-22(19-12-6-2-7-13-19)24(23)26(30)28(25)27-20-14-8-3-9-15-20/h1-17,21-24,27H. The summed E-state index contributed by atoms with van der Waals surface area (Å²) in [5.41, 5.74) is 5.88. The van der Waals surface area contributed by atoms with Gasteiger partial charge in [0.05, 0.1) is 17.5 Å². The Labute approximate surface area is 175 Å². The highest BCUT2D eigenvalue weighted by molar-refractivity contribution is 6.07. The third-order valence-electron chi connectivity index (χ3n) is 6.08. The van der Waals surface area contributed by atoms with Crippen LogP contribution in [0.25, 0.3) is 0 Å². The Kier molecular flexibility index (Phi) is 4.68. The molecule has 0 spiro atoms. The third-order valence-corrected chi connectivity index (χ3v) is 6.08. The maximum absolute atomic E-state index is 13.5. The van der Waals surface area contributed by atoms with E-state index in [9.17, 15) is 9.59 Å². The van der Waals surface area contributed by atoms with Crippen LogP contribution in [0.5, 0.6) is 0 Å². The van der Waals surface area contributed by atoms with Crippen LogP contribution in [-0.4, -0.2) is 16.8 Å². The summed E-state index contributed by atoms with van der Waals surface area (Å²) in [6.45, 7) is 0. The maximum Gasteiger partial charge on any atom is 0.253 e. The second-order valence-electron chi connectivity index (χ2n) is 7.80. The van der Waals surface area contributed by atoms with Crippen LogP contribution in [0.1, 0.15) is 23.0 Å². The molecule has 1 aliphatic heterocycles. The molecule has 2 aliphatic rings. The first kappa shape index (κ1) is 18.4. The normalized spacial score (nSPS) is 25.3. The molecule has 0 bridgehead atoms. The number of nitrogens with zero attached hydrogens (tertiary/aromatic N) is 1. The van der Waals surface area contributed by atoms with Gasteiger partial charge in [-0.05, 0) is 23.3 Å². The van der Waals surface area contributed by atoms with Crippen LogP contribution >= 0.6 is 0 Å². The third kappa shape index (κ3) is 3.11. The fourth-order valence-corrected chi connectivity index (χ4v) is 4.69. The minimum absolute atomic E-state index is 0.129. The first-order valence-corrected chi connectivity index (χ1v) is 10.2. The molecule has 4 heteroatoms. The smallest absolute Gasteiger partial charge is 0.253 e. The molecule has 1 heterocycles. The van der Waals surface area contributed by atoms with E-state index in [0.29, 0.717) is 0 Å². The summed E-state index contributed by atoms with van der Waals surface area (Å²) in [6, 6.07) is 29.3. The molecule has 5 rings (SSSR count). The van der Waals surface area contributed by atoms with Crippen LogP contribution in [0.4, 0.5) is 5.69 Å². The highest BCUT2D eigenvalue weighted by Gasteiger charge is 2.55. The zero-order valence-electron chi connectivity index (χ0n) is 16.4. The average molecular weight is 394 g/mol. The number of imide groups is 1. The molecular weight excluding hydrogens is 372 g/mol. The lowest BCUT2D eigenvalue weighted by atomic mass is 9.68. The van der Waals surface area contributed by atoms with Crippen LogP contribution in [0.2, 0.25) is 0 Å². The van der Waals surface area contributed by atoms with Gasteiger partial charge in [0.25, 0.3) is 11.8 Å². The van der Waals surface area contributed by atoms with E-state index in [4.69, 9.17) is 0 Å². The predicted molar refractivity (Wildman–Crippen MR) is 116 cm³/mol. The molecule has 3 aromatic carbocycles. The number of carbonyl (C=O) groups is 2. The van der Waals surface area contributed by atoms with Gasteiger partial charge >= 0.3 is 0 Å². The van der Waals surface area contributed by atoms with Gasteiger partial charge in [-0.2, -0.15) is 5.01 Å². The van der Waals surface area contributed by atoms with Crippen LogP contribution in [-0.2, 0) is 9.59 Å². The second-order valence-corrected chi connectivity index (χ2v) is 7.80. The number of fused-ring (bicyclic) bond motifs is 1. The molecule has 1 saturated heterocycles. The largest absolute Gasteiger partial charge is 0.289 e. The Bertz CT molecular complexity index is 1010. The zero-order valence-corrected chi connectivity index (χ0v) is 16.4. The summed E-state index contributed by atoms with van der Waals surface area (Å²) >= 11 is 0. The lowest BCUT2D eigenvalue weighted by molar-refractivity contribution is -0.138. The molecule has 3 aromatic rings. The summed E-state index contributed by atoms with van der Waals surface area (Å²) < 4.78 is 0. The molecule has 2 amide bonds. The summed E-state index contributed by atoms with van der Waals surface area (Å²) in [7, 11) is 0. The molecule has 0 radical (unpaired) electrons. The molecule has 1 aliphatic carbocycles. The lowest BCUT2D eigenvalue weighted by Gasteiger charge is -2.32. The van der Waals surface area contributed by atoms with Crippen molar-refractivity contribution < 1.29 is 9.59 Å². The van der Waals surface area contributed by atoms with E-state index in [2.05, 4.69) is 17.6 Å². The maximum atomic E-state index is 13.5. The van der Waals surface area contributed by atoms with Crippen molar-refractivity contribution in [2.24, 2.45) is 11.8 Å². The molecule has 148 valence electrons. The SMILES string of the molecule is O=C1C2C(c3ccccc3)C=CC(c3ccccc3)C2C(=O)N1Nc1ccccc1. The minimum atomic E-state index is -0.439. The highest BCUT2D eigenvalue weighted by atomic mass is 16.2. The van der Waals surface area contributed by atoms with Crippen molar-refractivity contribution in [3.63, 3.8) is 0 Å². The lowest BCUT2D eigenvalue weighted by Crippen LogP contribution is -2.37. The van der Waals surface area contributed by atoms with E-state index in [1.165, 1.54) is 5.01 Å². The van der Waals surface area contributed by atoms with E-state index >= 15 is 0 Å². The number of rotatable bonds is 4. The number of carbonyl (C=O) groups excluding carboxylic acids is 2. The van der Waals surface area contributed by atoms with Crippen molar-refractivity contribution in [2.45, 2.75) is 11.8 Å². The van der Waals surface area contributed by atoms with Gasteiger partial charge in [0.15, 0.2) is 0 Å². The molecule has 4 unspecified atom stereocenters. The Balaban J connectivity index is 1.57. The molecule has 1 N–H and O–H groups in total. The zero-order chi connectivity index (χ0) is 20.5.